The monoisotopic (exact) mass is 486 g/mol. The van der Waals surface area contributed by atoms with Crippen LogP contribution in [0.15, 0.2) is 72.6 Å². The van der Waals surface area contributed by atoms with E-state index in [2.05, 4.69) is 4.98 Å². The van der Waals surface area contributed by atoms with Crippen molar-refractivity contribution in [2.45, 2.75) is 19.5 Å². The van der Waals surface area contributed by atoms with Gasteiger partial charge in [-0.3, -0.25) is 14.6 Å². The molecular formula is C27H22N2O7. The zero-order valence-electron chi connectivity index (χ0n) is 19.3. The summed E-state index contributed by atoms with van der Waals surface area (Å²) in [5, 5.41) is 11.2. The van der Waals surface area contributed by atoms with E-state index < -0.39 is 23.7 Å². The van der Waals surface area contributed by atoms with Crippen molar-refractivity contribution < 1.29 is 33.7 Å². The third-order valence-corrected chi connectivity index (χ3v) is 6.03. The summed E-state index contributed by atoms with van der Waals surface area (Å²) in [6, 6.07) is 14.0. The molecule has 3 aromatic rings. The highest BCUT2D eigenvalue weighted by Crippen LogP contribution is 2.41. The van der Waals surface area contributed by atoms with Gasteiger partial charge in [-0.2, -0.15) is 0 Å². The van der Waals surface area contributed by atoms with Crippen molar-refractivity contribution in [3.63, 3.8) is 0 Å². The summed E-state index contributed by atoms with van der Waals surface area (Å²) in [5.41, 5.74) is 2.00. The number of pyridine rings is 1. The Bertz CT molecular complexity index is 1370. The van der Waals surface area contributed by atoms with Gasteiger partial charge in [0.15, 0.2) is 11.5 Å². The molecule has 9 nitrogen and oxygen atoms in total. The number of hydrogen-bond acceptors (Lipinski definition) is 8. The first-order valence-electron chi connectivity index (χ1n) is 11.3. The zero-order chi connectivity index (χ0) is 25.2. The molecule has 3 heterocycles. The standard InChI is InChI=1S/C27H22N2O7/c1-2-34-27(33)18-5-3-16(4-6-18)14-29-23(17-9-11-28-12-10-17)22(25(31)26(29)32)24(30)19-7-8-20-21(13-19)36-15-35-20/h3-13,23,30H,2,14-15H2,1H3/b24-22-. The van der Waals surface area contributed by atoms with Crippen molar-refractivity contribution in [1.82, 2.24) is 9.88 Å². The first-order chi connectivity index (χ1) is 17.5. The van der Waals surface area contributed by atoms with E-state index in [4.69, 9.17) is 14.2 Å². The second kappa shape index (κ2) is 9.53. The highest BCUT2D eigenvalue weighted by atomic mass is 16.7. The number of likely N-dealkylation sites (tertiary alicyclic amines) is 1. The van der Waals surface area contributed by atoms with Gasteiger partial charge in [-0.15, -0.1) is 0 Å². The van der Waals surface area contributed by atoms with Crippen LogP contribution in [-0.4, -0.2) is 46.0 Å². The maximum atomic E-state index is 13.2. The fraction of sp³-hybridized carbons (Fsp3) is 0.185. The molecule has 0 aliphatic carbocycles. The molecule has 1 N–H and O–H groups in total. The number of aliphatic hydroxyl groups is 1. The SMILES string of the molecule is CCOC(=O)c1ccc(CN2C(=O)C(=O)/C(=C(\O)c3ccc4c(c3)OCO4)C2c2ccncc2)cc1. The number of hydrogen-bond donors (Lipinski definition) is 1. The van der Waals surface area contributed by atoms with E-state index in [1.807, 2.05) is 0 Å². The number of carbonyl (C=O) groups excluding carboxylic acids is 3. The third kappa shape index (κ3) is 4.15. The molecule has 0 bridgehead atoms. The van der Waals surface area contributed by atoms with Gasteiger partial charge < -0.3 is 24.2 Å². The summed E-state index contributed by atoms with van der Waals surface area (Å²) in [4.78, 5) is 43.8. The van der Waals surface area contributed by atoms with Gasteiger partial charge in [0.25, 0.3) is 11.7 Å². The van der Waals surface area contributed by atoms with Gasteiger partial charge in [-0.1, -0.05) is 12.1 Å². The number of rotatable bonds is 6. The number of nitrogens with zero attached hydrogens (tertiary/aromatic N) is 2. The number of benzene rings is 2. The highest BCUT2D eigenvalue weighted by Gasteiger charge is 2.46. The highest BCUT2D eigenvalue weighted by molar-refractivity contribution is 6.46. The van der Waals surface area contributed by atoms with E-state index in [0.29, 0.717) is 33.8 Å². The Balaban J connectivity index is 1.53. The van der Waals surface area contributed by atoms with Crippen molar-refractivity contribution in [3.05, 3.63) is 94.8 Å². The average molecular weight is 486 g/mol. The third-order valence-electron chi connectivity index (χ3n) is 6.03. The summed E-state index contributed by atoms with van der Waals surface area (Å²) in [7, 11) is 0. The Morgan fingerprint density at radius 1 is 1.03 bits per heavy atom. The predicted octanol–water partition coefficient (Wildman–Crippen LogP) is 3.61. The fourth-order valence-electron chi connectivity index (χ4n) is 4.29. The van der Waals surface area contributed by atoms with Crippen LogP contribution in [0.5, 0.6) is 11.5 Å². The zero-order valence-corrected chi connectivity index (χ0v) is 19.3. The maximum absolute atomic E-state index is 13.2. The van der Waals surface area contributed by atoms with Crippen LogP contribution in [0.3, 0.4) is 0 Å². The number of fused-ring (bicyclic) bond motifs is 1. The van der Waals surface area contributed by atoms with Crippen LogP contribution in [0.2, 0.25) is 0 Å². The Labute approximate surface area is 206 Å². The first kappa shape index (κ1) is 23.1. The van der Waals surface area contributed by atoms with Crippen LogP contribution < -0.4 is 9.47 Å². The quantitative estimate of drug-likeness (QED) is 0.243. The molecular weight excluding hydrogens is 464 g/mol. The molecule has 2 aliphatic rings. The molecule has 0 saturated carbocycles. The smallest absolute Gasteiger partial charge is 0.338 e. The minimum Gasteiger partial charge on any atom is -0.507 e. The predicted molar refractivity (Wildman–Crippen MR) is 127 cm³/mol. The van der Waals surface area contributed by atoms with Crippen molar-refractivity contribution in [2.75, 3.05) is 13.4 Å². The molecule has 1 saturated heterocycles. The Kier molecular flexibility index (Phi) is 6.12. The van der Waals surface area contributed by atoms with Gasteiger partial charge in [0.2, 0.25) is 6.79 Å². The van der Waals surface area contributed by atoms with Crippen LogP contribution in [0.4, 0.5) is 0 Å². The summed E-state index contributed by atoms with van der Waals surface area (Å²) < 4.78 is 15.7. The summed E-state index contributed by atoms with van der Waals surface area (Å²) in [5.74, 6) is -1.32. The van der Waals surface area contributed by atoms with E-state index in [0.717, 1.165) is 0 Å². The van der Waals surface area contributed by atoms with Crippen molar-refractivity contribution in [2.24, 2.45) is 0 Å². The Morgan fingerprint density at radius 3 is 2.44 bits per heavy atom. The van der Waals surface area contributed by atoms with Crippen LogP contribution in [0.25, 0.3) is 5.76 Å². The van der Waals surface area contributed by atoms with Crippen LogP contribution in [0, 0.1) is 0 Å². The molecule has 36 heavy (non-hydrogen) atoms. The summed E-state index contributed by atoms with van der Waals surface area (Å²) >= 11 is 0. The molecule has 2 aromatic carbocycles. The maximum Gasteiger partial charge on any atom is 0.338 e. The molecule has 0 radical (unpaired) electrons. The topological polar surface area (TPSA) is 115 Å². The molecule has 2 aliphatic heterocycles. The number of aliphatic hydroxyl groups excluding tert-OH is 1. The summed E-state index contributed by atoms with van der Waals surface area (Å²) in [6.07, 6.45) is 3.12. The van der Waals surface area contributed by atoms with Crippen LogP contribution >= 0.6 is 0 Å². The molecule has 1 fully saturated rings. The van der Waals surface area contributed by atoms with Crippen LogP contribution in [-0.2, 0) is 20.9 Å². The van der Waals surface area contributed by atoms with Gasteiger partial charge in [0.1, 0.15) is 5.76 Å². The van der Waals surface area contributed by atoms with Gasteiger partial charge >= 0.3 is 5.97 Å². The minimum absolute atomic E-state index is 0.0341. The van der Waals surface area contributed by atoms with Crippen LogP contribution in [0.1, 0.15) is 40.0 Å². The van der Waals surface area contributed by atoms with E-state index in [1.165, 1.54) is 4.90 Å². The van der Waals surface area contributed by atoms with Crippen molar-refractivity contribution in [1.29, 1.82) is 0 Å². The largest absolute Gasteiger partial charge is 0.507 e. The lowest BCUT2D eigenvalue weighted by molar-refractivity contribution is -0.140. The fourth-order valence-corrected chi connectivity index (χ4v) is 4.29. The van der Waals surface area contributed by atoms with E-state index >= 15 is 0 Å². The van der Waals surface area contributed by atoms with Gasteiger partial charge in [-0.25, -0.2) is 4.79 Å². The van der Waals surface area contributed by atoms with Crippen molar-refractivity contribution in [3.8, 4) is 11.5 Å². The van der Waals surface area contributed by atoms with Gasteiger partial charge in [-0.05, 0) is 60.5 Å². The average Bonchev–Trinajstić information content (AvgIpc) is 3.47. The number of Topliss-reactive ketones (excluding diaryl/α,β-unsaturated/α-hetero) is 1. The lowest BCUT2D eigenvalue weighted by Crippen LogP contribution is -2.29. The molecule has 1 atom stereocenters. The minimum atomic E-state index is -0.844. The summed E-state index contributed by atoms with van der Waals surface area (Å²) in [6.45, 7) is 2.14. The normalized spacial score (nSPS) is 17.9. The van der Waals surface area contributed by atoms with Gasteiger partial charge in [0.05, 0.1) is 23.8 Å². The van der Waals surface area contributed by atoms with Gasteiger partial charge in [0, 0.05) is 24.5 Å². The molecule has 0 spiro atoms. The van der Waals surface area contributed by atoms with E-state index in [-0.39, 0.29) is 31.3 Å². The second-order valence-electron chi connectivity index (χ2n) is 8.19. The first-order valence-corrected chi connectivity index (χ1v) is 11.3. The Morgan fingerprint density at radius 2 is 1.72 bits per heavy atom. The van der Waals surface area contributed by atoms with E-state index in [1.54, 1.807) is 73.9 Å². The second-order valence-corrected chi connectivity index (χ2v) is 8.19. The number of ether oxygens (including phenoxy) is 3. The van der Waals surface area contributed by atoms with E-state index in [9.17, 15) is 19.5 Å². The number of amides is 1. The van der Waals surface area contributed by atoms with Crippen molar-refractivity contribution >= 4 is 23.4 Å². The molecule has 1 unspecified atom stereocenters. The lowest BCUT2D eigenvalue weighted by atomic mass is 9.95. The number of carbonyl (C=O) groups is 3. The number of aromatic nitrogens is 1. The Hall–Kier alpha value is -4.66. The molecule has 1 aromatic heterocycles. The number of esters is 1. The lowest BCUT2D eigenvalue weighted by Gasteiger charge is -2.25. The molecule has 9 heteroatoms. The molecule has 1 amide bonds. The molecule has 182 valence electrons. The number of ketones is 1. The molecule has 5 rings (SSSR count).